The van der Waals surface area contributed by atoms with Crippen molar-refractivity contribution < 1.29 is 0 Å². The van der Waals surface area contributed by atoms with Gasteiger partial charge in [-0.3, -0.25) is 0 Å². The predicted octanol–water partition coefficient (Wildman–Crippen LogP) is 3.71. The van der Waals surface area contributed by atoms with Crippen LogP contribution >= 0.6 is 11.8 Å². The van der Waals surface area contributed by atoms with Crippen LogP contribution in [0.5, 0.6) is 0 Å². The molecule has 1 aromatic carbocycles. The van der Waals surface area contributed by atoms with Crippen LogP contribution in [0.3, 0.4) is 0 Å². The lowest BCUT2D eigenvalue weighted by Crippen LogP contribution is -2.26. The lowest BCUT2D eigenvalue weighted by Gasteiger charge is -2.19. The van der Waals surface area contributed by atoms with E-state index in [1.807, 2.05) is 0 Å². The van der Waals surface area contributed by atoms with Crippen molar-refractivity contribution in [2.45, 2.75) is 55.7 Å². The smallest absolute Gasteiger partial charge is 0.0455 e. The van der Waals surface area contributed by atoms with E-state index in [2.05, 4.69) is 43.1 Å². The fourth-order valence-corrected chi connectivity index (χ4v) is 4.58. The quantitative estimate of drug-likeness (QED) is 0.874. The molecule has 2 unspecified atom stereocenters. The van der Waals surface area contributed by atoms with Crippen LogP contribution in [-0.2, 0) is 12.8 Å². The van der Waals surface area contributed by atoms with Crippen LogP contribution in [0.1, 0.15) is 49.4 Å². The molecule has 0 bridgehead atoms. The molecule has 1 N–H and O–H groups in total. The summed E-state index contributed by atoms with van der Waals surface area (Å²) in [6, 6.07) is 5.55. The van der Waals surface area contributed by atoms with E-state index in [1.165, 1.54) is 25.7 Å². The summed E-state index contributed by atoms with van der Waals surface area (Å²) in [5.41, 5.74) is 4.80. The molecule has 2 heteroatoms. The Morgan fingerprint density at radius 1 is 1.24 bits per heavy atom. The van der Waals surface area contributed by atoms with Gasteiger partial charge in [0, 0.05) is 16.2 Å². The van der Waals surface area contributed by atoms with Gasteiger partial charge in [-0.1, -0.05) is 19.9 Å². The molecule has 17 heavy (non-hydrogen) atoms. The lowest BCUT2D eigenvalue weighted by molar-refractivity contribution is 0.527. The zero-order valence-corrected chi connectivity index (χ0v) is 11.6. The minimum Gasteiger partial charge on any atom is -0.309 e. The average molecular weight is 247 g/mol. The fourth-order valence-electron chi connectivity index (χ4n) is 3.18. The predicted molar refractivity (Wildman–Crippen MR) is 74.8 cm³/mol. The van der Waals surface area contributed by atoms with E-state index in [0.29, 0.717) is 6.04 Å². The van der Waals surface area contributed by atoms with E-state index in [9.17, 15) is 0 Å². The summed E-state index contributed by atoms with van der Waals surface area (Å²) >= 11 is 2.09. The normalized spacial score (nSPS) is 26.0. The molecule has 1 heterocycles. The number of thioether (sulfide) groups is 1. The molecule has 0 aromatic heterocycles. The maximum atomic E-state index is 3.67. The van der Waals surface area contributed by atoms with E-state index < -0.39 is 0 Å². The summed E-state index contributed by atoms with van der Waals surface area (Å²) in [5, 5.41) is 4.40. The van der Waals surface area contributed by atoms with Crippen molar-refractivity contribution in [3.63, 3.8) is 0 Å². The average Bonchev–Trinajstić information content (AvgIpc) is 2.91. The third kappa shape index (κ3) is 1.92. The van der Waals surface area contributed by atoms with Gasteiger partial charge in [0.05, 0.1) is 0 Å². The first kappa shape index (κ1) is 11.6. The molecule has 0 radical (unpaired) electrons. The second-order valence-electron chi connectivity index (χ2n) is 5.11. The largest absolute Gasteiger partial charge is 0.309 e. The second kappa shape index (κ2) is 4.66. The number of benzene rings is 1. The van der Waals surface area contributed by atoms with Gasteiger partial charge in [0.15, 0.2) is 0 Å². The van der Waals surface area contributed by atoms with E-state index >= 15 is 0 Å². The second-order valence-corrected chi connectivity index (χ2v) is 6.39. The Hall–Kier alpha value is -0.470. The van der Waals surface area contributed by atoms with Gasteiger partial charge in [-0.2, -0.15) is 0 Å². The molecule has 0 saturated carbocycles. The Bertz CT molecular complexity index is 427. The summed E-state index contributed by atoms with van der Waals surface area (Å²) in [7, 11) is 0. The molecule has 1 aromatic rings. The maximum absolute atomic E-state index is 3.67. The van der Waals surface area contributed by atoms with Crippen LogP contribution in [0.2, 0.25) is 0 Å². The molecular weight excluding hydrogens is 226 g/mol. The summed E-state index contributed by atoms with van der Waals surface area (Å²) in [6.45, 7) is 5.59. The Morgan fingerprint density at radius 3 is 2.71 bits per heavy atom. The van der Waals surface area contributed by atoms with Gasteiger partial charge in [-0.15, -0.1) is 11.8 Å². The first-order valence-corrected chi connectivity index (χ1v) is 7.77. The molecule has 0 saturated heterocycles. The van der Waals surface area contributed by atoms with Crippen molar-refractivity contribution in [1.82, 2.24) is 5.32 Å². The minimum absolute atomic E-state index is 0.580. The summed E-state index contributed by atoms with van der Waals surface area (Å²) in [4.78, 5) is 1.54. The third-order valence-corrected chi connectivity index (χ3v) is 5.55. The van der Waals surface area contributed by atoms with Crippen molar-refractivity contribution >= 4 is 11.8 Å². The van der Waals surface area contributed by atoms with Crippen LogP contribution in [0.15, 0.2) is 17.0 Å². The molecule has 2 aliphatic rings. The maximum Gasteiger partial charge on any atom is 0.0455 e. The molecule has 2 atom stereocenters. The minimum atomic E-state index is 0.580. The van der Waals surface area contributed by atoms with Crippen LogP contribution in [0.25, 0.3) is 0 Å². The van der Waals surface area contributed by atoms with Crippen molar-refractivity contribution in [2.24, 2.45) is 0 Å². The Morgan fingerprint density at radius 2 is 2.00 bits per heavy atom. The van der Waals surface area contributed by atoms with Crippen LogP contribution in [-0.4, -0.2) is 11.8 Å². The lowest BCUT2D eigenvalue weighted by atomic mass is 9.98. The van der Waals surface area contributed by atoms with Crippen molar-refractivity contribution in [3.05, 3.63) is 28.8 Å². The molecular formula is C15H21NS. The third-order valence-electron chi connectivity index (χ3n) is 4.04. The summed E-state index contributed by atoms with van der Waals surface area (Å²) in [5.74, 6) is 0. The van der Waals surface area contributed by atoms with Gasteiger partial charge in [-0.25, -0.2) is 0 Å². The topological polar surface area (TPSA) is 12.0 Å². The molecule has 0 fully saturated rings. The highest BCUT2D eigenvalue weighted by molar-refractivity contribution is 8.00. The van der Waals surface area contributed by atoms with Crippen molar-refractivity contribution in [2.75, 3.05) is 6.54 Å². The number of hydrogen-bond donors (Lipinski definition) is 1. The van der Waals surface area contributed by atoms with Gasteiger partial charge in [0.25, 0.3) is 0 Å². The zero-order chi connectivity index (χ0) is 11.8. The number of hydrogen-bond acceptors (Lipinski definition) is 2. The molecule has 1 aliphatic carbocycles. The van der Waals surface area contributed by atoms with E-state index in [-0.39, 0.29) is 0 Å². The van der Waals surface area contributed by atoms with Crippen molar-refractivity contribution in [1.29, 1.82) is 0 Å². The molecule has 0 amide bonds. The van der Waals surface area contributed by atoms with Crippen LogP contribution in [0.4, 0.5) is 0 Å². The molecule has 3 rings (SSSR count). The summed E-state index contributed by atoms with van der Waals surface area (Å²) in [6.07, 6.45) is 5.20. The van der Waals surface area contributed by atoms with Gasteiger partial charge in [-0.05, 0) is 55.0 Å². The van der Waals surface area contributed by atoms with Gasteiger partial charge in [0.2, 0.25) is 0 Å². The fraction of sp³-hybridized carbons (Fsp3) is 0.600. The Labute approximate surface area is 108 Å². The molecule has 1 aliphatic heterocycles. The molecule has 92 valence electrons. The zero-order valence-electron chi connectivity index (χ0n) is 10.8. The monoisotopic (exact) mass is 247 g/mol. The number of aryl methyl sites for hydroxylation is 2. The van der Waals surface area contributed by atoms with Crippen LogP contribution in [0, 0.1) is 0 Å². The summed E-state index contributed by atoms with van der Waals surface area (Å²) < 4.78 is 0. The highest BCUT2D eigenvalue weighted by Gasteiger charge is 2.32. The number of rotatable bonds is 3. The number of nitrogens with one attached hydrogen (secondary N) is 1. The van der Waals surface area contributed by atoms with Gasteiger partial charge < -0.3 is 5.32 Å². The molecule has 1 nitrogen and oxygen atoms in total. The van der Waals surface area contributed by atoms with E-state index in [0.717, 1.165) is 11.8 Å². The Kier molecular flexibility index (Phi) is 3.18. The van der Waals surface area contributed by atoms with Gasteiger partial charge >= 0.3 is 0 Å². The van der Waals surface area contributed by atoms with Crippen LogP contribution < -0.4 is 5.32 Å². The van der Waals surface area contributed by atoms with E-state index in [4.69, 9.17) is 0 Å². The Balaban J connectivity index is 1.98. The first-order chi connectivity index (χ1) is 8.33. The highest BCUT2D eigenvalue weighted by atomic mass is 32.2. The standard InChI is InChI=1S/C15H21NS/c1-3-13-15(16-4-2)12-8-10-6-5-7-11(10)9-14(12)17-13/h8-9,13,15-16H,3-7H2,1-2H3. The molecule has 0 spiro atoms. The first-order valence-electron chi connectivity index (χ1n) is 6.89. The van der Waals surface area contributed by atoms with E-state index in [1.54, 1.807) is 21.6 Å². The number of fused-ring (bicyclic) bond motifs is 2. The van der Waals surface area contributed by atoms with Crippen molar-refractivity contribution in [3.8, 4) is 0 Å². The SMILES string of the molecule is CCNC1c2cc3c(cc2SC1CC)CCC3. The highest BCUT2D eigenvalue weighted by Crippen LogP contribution is 2.47. The van der Waals surface area contributed by atoms with Gasteiger partial charge in [0.1, 0.15) is 0 Å².